The number of nitrogens with one attached hydrogen (secondary N) is 2. The highest BCUT2D eigenvalue weighted by atomic mass is 19.3. The molecule has 5 nitrogen and oxygen atoms in total. The van der Waals surface area contributed by atoms with E-state index in [1.54, 1.807) is 0 Å². The Hall–Kier alpha value is -3.40. The Morgan fingerprint density at radius 2 is 1.69 bits per heavy atom. The van der Waals surface area contributed by atoms with E-state index in [9.17, 15) is 26.7 Å². The average Bonchev–Trinajstić information content (AvgIpc) is 2.81. The number of halogens is 5. The molecule has 1 aliphatic heterocycles. The molecule has 1 unspecified atom stereocenters. The third-order valence-electron chi connectivity index (χ3n) is 6.83. The molecule has 36 heavy (non-hydrogen) atoms. The predicted octanol–water partition coefficient (Wildman–Crippen LogP) is 6.14. The first-order valence-electron chi connectivity index (χ1n) is 11.7. The molecule has 3 aromatic rings. The number of carbonyl (C=O) groups is 1. The molecule has 1 atom stereocenters. The maximum Gasteiger partial charge on any atom is 0.257 e. The molecule has 188 valence electrons. The van der Waals surface area contributed by atoms with Gasteiger partial charge in [-0.05, 0) is 56.1 Å². The molecule has 3 heterocycles. The van der Waals surface area contributed by atoms with Gasteiger partial charge in [-0.1, -0.05) is 0 Å². The van der Waals surface area contributed by atoms with E-state index in [-0.39, 0.29) is 59.8 Å². The van der Waals surface area contributed by atoms with Crippen LogP contribution in [0.4, 0.5) is 27.6 Å². The van der Waals surface area contributed by atoms with Crippen molar-refractivity contribution in [3.05, 3.63) is 77.1 Å². The number of hydrogen-bond donors (Lipinski definition) is 2. The van der Waals surface area contributed by atoms with E-state index < -0.39 is 35.2 Å². The van der Waals surface area contributed by atoms with E-state index in [4.69, 9.17) is 0 Å². The second-order valence-corrected chi connectivity index (χ2v) is 9.21. The lowest BCUT2D eigenvalue weighted by Gasteiger charge is -2.29. The fourth-order valence-electron chi connectivity index (χ4n) is 4.70. The van der Waals surface area contributed by atoms with Crippen LogP contribution in [0.2, 0.25) is 0 Å². The van der Waals surface area contributed by atoms with Gasteiger partial charge in [-0.25, -0.2) is 22.0 Å². The van der Waals surface area contributed by atoms with Crippen molar-refractivity contribution in [1.29, 1.82) is 0 Å². The fourth-order valence-corrected chi connectivity index (χ4v) is 4.70. The van der Waals surface area contributed by atoms with Crippen molar-refractivity contribution in [2.75, 3.05) is 11.9 Å². The molecule has 10 heteroatoms. The van der Waals surface area contributed by atoms with Gasteiger partial charge in [-0.2, -0.15) is 0 Å². The van der Waals surface area contributed by atoms with Crippen LogP contribution in [0.1, 0.15) is 65.8 Å². The molecule has 0 radical (unpaired) electrons. The molecule has 0 bridgehead atoms. The number of alkyl halides is 2. The number of nitrogens with zero attached hydrogens (tertiary/aromatic N) is 2. The molecule has 5 rings (SSSR count). The molecule has 2 fully saturated rings. The van der Waals surface area contributed by atoms with Crippen LogP contribution in [-0.4, -0.2) is 28.3 Å². The van der Waals surface area contributed by atoms with Gasteiger partial charge in [0.05, 0.1) is 28.7 Å². The Kier molecular flexibility index (Phi) is 6.46. The highest BCUT2D eigenvalue weighted by Gasteiger charge is 2.37. The predicted molar refractivity (Wildman–Crippen MR) is 123 cm³/mol. The van der Waals surface area contributed by atoms with Crippen molar-refractivity contribution in [2.24, 2.45) is 0 Å². The van der Waals surface area contributed by atoms with Crippen LogP contribution in [0, 0.1) is 17.5 Å². The lowest BCUT2D eigenvalue weighted by atomic mass is 9.83. The number of carbonyl (C=O) groups excluding carboxylic acids is 1. The van der Waals surface area contributed by atoms with E-state index in [1.165, 1.54) is 18.5 Å². The van der Waals surface area contributed by atoms with Crippen LogP contribution in [0.3, 0.4) is 0 Å². The van der Waals surface area contributed by atoms with E-state index in [0.717, 1.165) is 37.2 Å². The zero-order valence-electron chi connectivity index (χ0n) is 19.1. The quantitative estimate of drug-likeness (QED) is 0.412. The topological polar surface area (TPSA) is 66.9 Å². The van der Waals surface area contributed by atoms with Crippen LogP contribution in [0.5, 0.6) is 0 Å². The third-order valence-corrected chi connectivity index (χ3v) is 6.83. The summed E-state index contributed by atoms with van der Waals surface area (Å²) in [6, 6.07) is 5.19. The number of benzene rings is 1. The minimum Gasteiger partial charge on any atom is -0.320 e. The average molecular weight is 502 g/mol. The molecule has 2 aromatic heterocycles. The van der Waals surface area contributed by atoms with Gasteiger partial charge in [0.1, 0.15) is 17.5 Å². The highest BCUT2D eigenvalue weighted by molar-refractivity contribution is 6.06. The summed E-state index contributed by atoms with van der Waals surface area (Å²) in [5.41, 5.74) is 0.532. The van der Waals surface area contributed by atoms with E-state index >= 15 is 0 Å². The zero-order chi connectivity index (χ0) is 25.4. The van der Waals surface area contributed by atoms with Crippen LogP contribution in [-0.2, 0) is 0 Å². The lowest BCUT2D eigenvalue weighted by molar-refractivity contribution is -0.0384. The lowest BCUT2D eigenvalue weighted by Crippen LogP contribution is -2.36. The van der Waals surface area contributed by atoms with E-state index in [0.29, 0.717) is 5.69 Å². The van der Waals surface area contributed by atoms with Crippen molar-refractivity contribution < 1.29 is 26.7 Å². The Morgan fingerprint density at radius 1 is 0.944 bits per heavy atom. The largest absolute Gasteiger partial charge is 0.320 e. The molecule has 2 N–H and O–H groups in total. The summed E-state index contributed by atoms with van der Waals surface area (Å²) < 4.78 is 71.0. The summed E-state index contributed by atoms with van der Waals surface area (Å²) in [4.78, 5) is 21.6. The Balaban J connectivity index is 1.53. The number of aromatic nitrogens is 2. The van der Waals surface area contributed by atoms with Gasteiger partial charge in [0.15, 0.2) is 0 Å². The number of pyridine rings is 2. The standard InChI is InChI=1S/C26H23F5N4O/c27-16-1-2-19(28)18(12-16)17-5-9-33-22(14-3-7-26(30,31)8-4-14)23(17)35-25(36)15-11-20(29)24(34-13-15)21-6-10-32-21/h1-2,5,9,11-14,21,32H,3-4,6-8,10H2,(H,35,36). The Morgan fingerprint density at radius 3 is 2.36 bits per heavy atom. The van der Waals surface area contributed by atoms with Crippen molar-refractivity contribution in [2.45, 2.75) is 50.0 Å². The van der Waals surface area contributed by atoms with Crippen LogP contribution in [0.15, 0.2) is 42.7 Å². The van der Waals surface area contributed by atoms with E-state index in [2.05, 4.69) is 20.6 Å². The SMILES string of the molecule is O=C(Nc1c(-c2cc(F)ccc2F)ccnc1C1CCC(F)(F)CC1)c1cnc(C2CCN2)c(F)c1. The molecular weight excluding hydrogens is 479 g/mol. The maximum atomic E-state index is 14.7. The molecule has 1 aromatic carbocycles. The fraction of sp³-hybridized carbons (Fsp3) is 0.346. The number of amides is 1. The normalized spacial score (nSPS) is 19.5. The molecule has 1 aliphatic carbocycles. The summed E-state index contributed by atoms with van der Waals surface area (Å²) in [5, 5.41) is 5.71. The summed E-state index contributed by atoms with van der Waals surface area (Å²) in [5.74, 6) is -6.01. The minimum absolute atomic E-state index is 0.0763. The Labute approximate surface area is 204 Å². The summed E-state index contributed by atoms with van der Waals surface area (Å²) in [6.45, 7) is 0.754. The highest BCUT2D eigenvalue weighted by Crippen LogP contribution is 2.44. The first-order chi connectivity index (χ1) is 17.2. The van der Waals surface area contributed by atoms with Crippen molar-refractivity contribution in [3.8, 4) is 11.1 Å². The molecule has 1 saturated carbocycles. The minimum atomic E-state index is -2.79. The van der Waals surface area contributed by atoms with Gasteiger partial charge in [0, 0.05) is 42.3 Å². The first-order valence-corrected chi connectivity index (χ1v) is 11.7. The smallest absolute Gasteiger partial charge is 0.257 e. The van der Waals surface area contributed by atoms with Gasteiger partial charge >= 0.3 is 0 Å². The summed E-state index contributed by atoms with van der Waals surface area (Å²) >= 11 is 0. The molecule has 1 amide bonds. The van der Waals surface area contributed by atoms with Crippen LogP contribution in [0.25, 0.3) is 11.1 Å². The number of rotatable bonds is 5. The van der Waals surface area contributed by atoms with Gasteiger partial charge < -0.3 is 10.6 Å². The van der Waals surface area contributed by atoms with Crippen LogP contribution < -0.4 is 10.6 Å². The second-order valence-electron chi connectivity index (χ2n) is 9.21. The van der Waals surface area contributed by atoms with Gasteiger partial charge in [0.25, 0.3) is 5.91 Å². The first kappa shape index (κ1) is 24.3. The second kappa shape index (κ2) is 9.57. The van der Waals surface area contributed by atoms with Gasteiger partial charge in [-0.15, -0.1) is 0 Å². The summed E-state index contributed by atoms with van der Waals surface area (Å²) in [7, 11) is 0. The maximum absolute atomic E-state index is 14.7. The van der Waals surface area contributed by atoms with Crippen molar-refractivity contribution in [1.82, 2.24) is 15.3 Å². The molecule has 1 saturated heterocycles. The van der Waals surface area contributed by atoms with Crippen molar-refractivity contribution >= 4 is 11.6 Å². The number of anilines is 1. The molecular formula is C26H23F5N4O. The molecule has 0 spiro atoms. The Bertz CT molecular complexity index is 1300. The molecule has 2 aliphatic rings. The van der Waals surface area contributed by atoms with Crippen LogP contribution >= 0.6 is 0 Å². The zero-order valence-corrected chi connectivity index (χ0v) is 19.1. The number of hydrogen-bond acceptors (Lipinski definition) is 4. The van der Waals surface area contributed by atoms with Gasteiger partial charge in [0.2, 0.25) is 5.92 Å². The van der Waals surface area contributed by atoms with E-state index in [1.807, 2.05) is 0 Å². The summed E-state index contributed by atoms with van der Waals surface area (Å²) in [6.07, 6.45) is 2.87. The monoisotopic (exact) mass is 502 g/mol. The third kappa shape index (κ3) is 4.82. The van der Waals surface area contributed by atoms with Gasteiger partial charge in [-0.3, -0.25) is 14.8 Å². The van der Waals surface area contributed by atoms with Crippen molar-refractivity contribution in [3.63, 3.8) is 0 Å².